The van der Waals surface area contributed by atoms with Gasteiger partial charge in [0.25, 0.3) is 11.6 Å². The average molecular weight is 314 g/mol. The topological polar surface area (TPSA) is 81.5 Å². The number of nitrogens with zero attached hydrogens (tertiary/aromatic N) is 1. The van der Waals surface area contributed by atoms with Crippen LogP contribution in [0.5, 0.6) is 5.75 Å². The normalized spacial score (nSPS) is 11.6. The van der Waals surface area contributed by atoms with E-state index < -0.39 is 11.0 Å². The molecule has 0 aliphatic heterocycles. The number of non-ortho nitro benzene ring substituents is 1. The van der Waals surface area contributed by atoms with Gasteiger partial charge in [0, 0.05) is 17.8 Å². The Hall–Kier alpha value is -2.89. The number of anilines is 1. The summed E-state index contributed by atoms with van der Waals surface area (Å²) in [5, 5.41) is 13.3. The van der Waals surface area contributed by atoms with E-state index in [1.807, 2.05) is 32.0 Å². The second-order valence-corrected chi connectivity index (χ2v) is 5.27. The van der Waals surface area contributed by atoms with E-state index in [9.17, 15) is 14.9 Å². The van der Waals surface area contributed by atoms with Crippen LogP contribution in [0.2, 0.25) is 0 Å². The van der Waals surface area contributed by atoms with Crippen molar-refractivity contribution in [3.63, 3.8) is 0 Å². The van der Waals surface area contributed by atoms with Crippen LogP contribution in [0.3, 0.4) is 0 Å². The molecule has 0 saturated heterocycles. The number of nitrogens with one attached hydrogen (secondary N) is 1. The van der Waals surface area contributed by atoms with E-state index in [-0.39, 0.29) is 11.6 Å². The number of carbonyl (C=O) groups excluding carboxylic acids is 1. The molecule has 2 aromatic carbocycles. The summed E-state index contributed by atoms with van der Waals surface area (Å²) in [6.45, 7) is 5.50. The molecule has 2 aromatic rings. The minimum atomic E-state index is -0.690. The van der Waals surface area contributed by atoms with E-state index in [1.165, 1.54) is 24.3 Å². The first kappa shape index (κ1) is 16.5. The molecule has 0 saturated carbocycles. The Labute approximate surface area is 134 Å². The Morgan fingerprint density at radius 1 is 1.13 bits per heavy atom. The quantitative estimate of drug-likeness (QED) is 0.675. The van der Waals surface area contributed by atoms with Gasteiger partial charge in [-0.25, -0.2) is 0 Å². The number of hydrogen-bond donors (Lipinski definition) is 1. The molecule has 0 aliphatic rings. The first-order valence-corrected chi connectivity index (χ1v) is 7.16. The van der Waals surface area contributed by atoms with Crippen LogP contribution in [0.4, 0.5) is 11.4 Å². The number of carbonyl (C=O) groups is 1. The van der Waals surface area contributed by atoms with Crippen LogP contribution in [-0.2, 0) is 4.79 Å². The molecule has 1 atom stereocenters. The van der Waals surface area contributed by atoms with Gasteiger partial charge in [-0.05, 0) is 44.0 Å². The predicted molar refractivity (Wildman–Crippen MR) is 87.7 cm³/mol. The summed E-state index contributed by atoms with van der Waals surface area (Å²) in [6.07, 6.45) is -0.690. The average Bonchev–Trinajstić information content (AvgIpc) is 2.51. The highest BCUT2D eigenvalue weighted by Gasteiger charge is 2.17. The molecule has 2 rings (SSSR count). The van der Waals surface area contributed by atoms with Gasteiger partial charge in [-0.1, -0.05) is 18.2 Å². The zero-order valence-corrected chi connectivity index (χ0v) is 13.2. The molecule has 6 nitrogen and oxygen atoms in total. The van der Waals surface area contributed by atoms with E-state index in [4.69, 9.17) is 4.74 Å². The molecule has 0 heterocycles. The van der Waals surface area contributed by atoms with Crippen LogP contribution in [0.25, 0.3) is 0 Å². The van der Waals surface area contributed by atoms with Crippen molar-refractivity contribution >= 4 is 17.3 Å². The van der Waals surface area contributed by atoms with Crippen LogP contribution < -0.4 is 10.1 Å². The maximum absolute atomic E-state index is 12.2. The maximum Gasteiger partial charge on any atom is 0.269 e. The van der Waals surface area contributed by atoms with Crippen molar-refractivity contribution in [2.24, 2.45) is 0 Å². The minimum absolute atomic E-state index is 0.0252. The number of rotatable bonds is 5. The van der Waals surface area contributed by atoms with Gasteiger partial charge < -0.3 is 10.1 Å². The molecular formula is C17H18N2O4. The smallest absolute Gasteiger partial charge is 0.269 e. The zero-order chi connectivity index (χ0) is 17.0. The van der Waals surface area contributed by atoms with Crippen molar-refractivity contribution in [1.29, 1.82) is 0 Å². The lowest BCUT2D eigenvalue weighted by molar-refractivity contribution is -0.384. The van der Waals surface area contributed by atoms with Crippen LogP contribution in [-0.4, -0.2) is 16.9 Å². The summed E-state index contributed by atoms with van der Waals surface area (Å²) in [7, 11) is 0. The highest BCUT2D eigenvalue weighted by molar-refractivity contribution is 5.94. The summed E-state index contributed by atoms with van der Waals surface area (Å²) >= 11 is 0. The number of aryl methyl sites for hydroxylation is 2. The van der Waals surface area contributed by atoms with E-state index in [1.54, 1.807) is 6.92 Å². The van der Waals surface area contributed by atoms with Gasteiger partial charge in [0.2, 0.25) is 0 Å². The van der Waals surface area contributed by atoms with Crippen LogP contribution in [0.1, 0.15) is 18.1 Å². The number of ether oxygens (including phenoxy) is 1. The molecule has 23 heavy (non-hydrogen) atoms. The van der Waals surface area contributed by atoms with Crippen molar-refractivity contribution in [2.75, 3.05) is 5.32 Å². The van der Waals surface area contributed by atoms with Crippen molar-refractivity contribution in [1.82, 2.24) is 0 Å². The lowest BCUT2D eigenvalue weighted by Crippen LogP contribution is -2.30. The third-order valence-electron chi connectivity index (χ3n) is 3.42. The number of amides is 1. The number of nitro benzene ring substituents is 1. The predicted octanol–water partition coefficient (Wildman–Crippen LogP) is 3.62. The van der Waals surface area contributed by atoms with Gasteiger partial charge in [-0.15, -0.1) is 0 Å². The van der Waals surface area contributed by atoms with Crippen molar-refractivity contribution in [2.45, 2.75) is 26.9 Å². The summed E-state index contributed by atoms with van der Waals surface area (Å²) in [4.78, 5) is 22.3. The number of para-hydroxylation sites is 1. The highest BCUT2D eigenvalue weighted by atomic mass is 16.6. The van der Waals surface area contributed by atoms with Gasteiger partial charge in [0.05, 0.1) is 4.92 Å². The fourth-order valence-electron chi connectivity index (χ4n) is 2.13. The molecular weight excluding hydrogens is 296 g/mol. The van der Waals surface area contributed by atoms with Gasteiger partial charge >= 0.3 is 0 Å². The molecule has 1 N–H and O–H groups in total. The minimum Gasteiger partial charge on any atom is -0.480 e. The summed E-state index contributed by atoms with van der Waals surface area (Å²) in [5.41, 5.74) is 2.38. The molecule has 0 radical (unpaired) electrons. The van der Waals surface area contributed by atoms with E-state index in [2.05, 4.69) is 5.32 Å². The number of nitro groups is 1. The van der Waals surface area contributed by atoms with Crippen LogP contribution >= 0.6 is 0 Å². The van der Waals surface area contributed by atoms with Gasteiger partial charge in [-0.3, -0.25) is 14.9 Å². The van der Waals surface area contributed by atoms with Gasteiger partial charge in [0.15, 0.2) is 6.10 Å². The molecule has 1 amide bonds. The van der Waals surface area contributed by atoms with Gasteiger partial charge in [0.1, 0.15) is 5.75 Å². The Morgan fingerprint density at radius 3 is 2.22 bits per heavy atom. The molecule has 0 unspecified atom stereocenters. The monoisotopic (exact) mass is 314 g/mol. The van der Waals surface area contributed by atoms with Gasteiger partial charge in [-0.2, -0.15) is 0 Å². The van der Waals surface area contributed by atoms with Crippen LogP contribution in [0, 0.1) is 24.0 Å². The Balaban J connectivity index is 2.04. The molecule has 6 heteroatoms. The van der Waals surface area contributed by atoms with E-state index in [0.29, 0.717) is 11.4 Å². The van der Waals surface area contributed by atoms with E-state index in [0.717, 1.165) is 11.1 Å². The second-order valence-electron chi connectivity index (χ2n) is 5.27. The SMILES string of the molecule is Cc1cccc(C)c1O[C@@H](C)C(=O)Nc1ccc([N+](=O)[O-])cc1. The highest BCUT2D eigenvalue weighted by Crippen LogP contribution is 2.24. The molecule has 0 spiro atoms. The van der Waals surface area contributed by atoms with E-state index >= 15 is 0 Å². The Bertz CT molecular complexity index is 706. The van der Waals surface area contributed by atoms with Crippen molar-refractivity contribution in [3.8, 4) is 5.75 Å². The Morgan fingerprint density at radius 2 is 1.70 bits per heavy atom. The largest absolute Gasteiger partial charge is 0.480 e. The standard InChI is InChI=1S/C17H18N2O4/c1-11-5-4-6-12(2)16(11)23-13(3)17(20)18-14-7-9-15(10-8-14)19(21)22/h4-10,13H,1-3H3,(H,18,20)/t13-/m0/s1. The molecule has 0 fully saturated rings. The van der Waals surface area contributed by atoms with Crippen LogP contribution in [0.15, 0.2) is 42.5 Å². The third kappa shape index (κ3) is 4.06. The summed E-state index contributed by atoms with van der Waals surface area (Å²) < 4.78 is 5.75. The lowest BCUT2D eigenvalue weighted by Gasteiger charge is -2.18. The first-order chi connectivity index (χ1) is 10.9. The second kappa shape index (κ2) is 6.91. The molecule has 0 aliphatic carbocycles. The molecule has 120 valence electrons. The zero-order valence-electron chi connectivity index (χ0n) is 13.2. The number of hydrogen-bond acceptors (Lipinski definition) is 4. The summed E-state index contributed by atoms with van der Waals surface area (Å²) in [5.74, 6) is 0.375. The lowest BCUT2D eigenvalue weighted by atomic mass is 10.1. The fraction of sp³-hybridized carbons (Fsp3) is 0.235. The van der Waals surface area contributed by atoms with Crippen molar-refractivity contribution in [3.05, 3.63) is 63.7 Å². The maximum atomic E-state index is 12.2. The third-order valence-corrected chi connectivity index (χ3v) is 3.42. The van der Waals surface area contributed by atoms with Crippen molar-refractivity contribution < 1.29 is 14.5 Å². The first-order valence-electron chi connectivity index (χ1n) is 7.16. The molecule has 0 aromatic heterocycles. The molecule has 0 bridgehead atoms. The summed E-state index contributed by atoms with van der Waals surface area (Å²) in [6, 6.07) is 11.4. The number of benzene rings is 2. The Kier molecular flexibility index (Phi) is 4.95. The fourth-order valence-corrected chi connectivity index (χ4v) is 2.13.